The lowest BCUT2D eigenvalue weighted by atomic mass is 9.95. The van der Waals surface area contributed by atoms with Crippen LogP contribution in [0.1, 0.15) is 50.6 Å². The highest BCUT2D eigenvalue weighted by Gasteiger charge is 2.24. The van der Waals surface area contributed by atoms with E-state index in [0.717, 1.165) is 12.3 Å². The van der Waals surface area contributed by atoms with E-state index in [1.54, 1.807) is 38.1 Å². The third-order valence-electron chi connectivity index (χ3n) is 6.13. The number of hydrogen-bond acceptors (Lipinski definition) is 9. The Hall–Kier alpha value is -4.82. The van der Waals surface area contributed by atoms with Crippen LogP contribution in [0, 0.1) is 11.3 Å². The molecule has 222 valence electrons. The van der Waals surface area contributed by atoms with Crippen molar-refractivity contribution in [2.24, 2.45) is 11.7 Å². The first-order valence-electron chi connectivity index (χ1n) is 12.5. The van der Waals surface area contributed by atoms with E-state index in [-0.39, 0.29) is 52.2 Å². The van der Waals surface area contributed by atoms with Crippen molar-refractivity contribution < 1.29 is 36.8 Å². The number of anilines is 1. The summed E-state index contributed by atoms with van der Waals surface area (Å²) in [6.45, 7) is 3.24. The first kappa shape index (κ1) is 31.7. The van der Waals surface area contributed by atoms with E-state index in [9.17, 15) is 27.9 Å². The van der Waals surface area contributed by atoms with Gasteiger partial charge < -0.3 is 26.2 Å². The average Bonchev–Trinajstić information content (AvgIpc) is 2.94. The Morgan fingerprint density at radius 2 is 1.62 bits per heavy atom. The molecule has 13 nitrogen and oxygen atoms in total. The predicted molar refractivity (Wildman–Crippen MR) is 155 cm³/mol. The third-order valence-corrected chi connectivity index (χ3v) is 6.70. The number of amides is 2. The zero-order valence-electron chi connectivity index (χ0n) is 23.3. The van der Waals surface area contributed by atoms with E-state index in [0.29, 0.717) is 11.3 Å². The molecule has 3 aromatic rings. The van der Waals surface area contributed by atoms with Gasteiger partial charge in [-0.15, -0.1) is 0 Å². The van der Waals surface area contributed by atoms with Gasteiger partial charge in [-0.3, -0.25) is 19.2 Å². The lowest BCUT2D eigenvalue weighted by molar-refractivity contribution is 0.0697. The molecule has 6 N–H and O–H groups in total. The highest BCUT2D eigenvalue weighted by atomic mass is 32.2. The number of aromatic carboxylic acids is 1. The van der Waals surface area contributed by atoms with Crippen molar-refractivity contribution in [1.29, 1.82) is 5.41 Å². The van der Waals surface area contributed by atoms with Gasteiger partial charge in [0.1, 0.15) is 11.5 Å². The smallest absolute Gasteiger partial charge is 0.336 e. The van der Waals surface area contributed by atoms with E-state index in [1.165, 1.54) is 31.4 Å². The van der Waals surface area contributed by atoms with E-state index < -0.39 is 33.9 Å². The number of carboxylic acids is 1. The fraction of sp³-hybridized carbons (Fsp3) is 0.250. The zero-order valence-corrected chi connectivity index (χ0v) is 24.1. The number of pyridine rings is 1. The summed E-state index contributed by atoms with van der Waals surface area (Å²) in [5.41, 5.74) is 6.19. The number of benzene rings is 2. The molecule has 0 unspecified atom stereocenters. The molecule has 0 fully saturated rings. The summed E-state index contributed by atoms with van der Waals surface area (Å²) >= 11 is 0. The Kier molecular flexibility index (Phi) is 9.99. The van der Waals surface area contributed by atoms with Crippen LogP contribution < -0.4 is 21.1 Å². The lowest BCUT2D eigenvalue weighted by Crippen LogP contribution is -2.42. The fourth-order valence-corrected chi connectivity index (χ4v) is 4.21. The van der Waals surface area contributed by atoms with Crippen LogP contribution in [-0.4, -0.2) is 68.1 Å². The number of nitrogens with zero attached hydrogens (tertiary/aromatic N) is 1. The van der Waals surface area contributed by atoms with Crippen molar-refractivity contribution in [3.63, 3.8) is 0 Å². The number of nitrogens with two attached hydrogens (primary N) is 1. The molecule has 0 radical (unpaired) electrons. The lowest BCUT2D eigenvalue weighted by Gasteiger charge is -2.22. The van der Waals surface area contributed by atoms with Crippen LogP contribution in [0.2, 0.25) is 0 Å². The second kappa shape index (κ2) is 13.2. The number of rotatable bonds is 12. The Morgan fingerprint density at radius 3 is 2.17 bits per heavy atom. The van der Waals surface area contributed by atoms with Gasteiger partial charge in [0, 0.05) is 28.4 Å². The number of amidine groups is 1. The number of hydrogen-bond donors (Lipinski definition) is 5. The molecule has 0 saturated carbocycles. The molecule has 0 bridgehead atoms. The Morgan fingerprint density at radius 1 is 1.00 bits per heavy atom. The number of carbonyl (C=O) groups excluding carboxylic acids is 2. The fourth-order valence-electron chi connectivity index (χ4n) is 3.82. The maximum atomic E-state index is 13.3. The van der Waals surface area contributed by atoms with E-state index in [4.69, 9.17) is 20.1 Å². The minimum atomic E-state index is -3.74. The second-order valence-corrected chi connectivity index (χ2v) is 11.2. The number of ether oxygens (including phenoxy) is 1. The number of aromatic nitrogens is 1. The number of carbonyl (C=O) groups is 3. The number of nitrogens with one attached hydrogen (secondary N) is 3. The number of methoxy groups -OCH3 is 1. The third kappa shape index (κ3) is 8.11. The summed E-state index contributed by atoms with van der Waals surface area (Å²) in [4.78, 5) is 42.9. The van der Waals surface area contributed by atoms with E-state index >= 15 is 0 Å². The van der Waals surface area contributed by atoms with Crippen molar-refractivity contribution in [2.75, 3.05) is 25.3 Å². The van der Waals surface area contributed by atoms with Gasteiger partial charge in [0.15, 0.2) is 0 Å². The Bertz CT molecular complexity index is 1620. The van der Waals surface area contributed by atoms with Gasteiger partial charge in [0.2, 0.25) is 5.88 Å². The second-order valence-electron chi connectivity index (χ2n) is 9.57. The summed E-state index contributed by atoms with van der Waals surface area (Å²) in [6, 6.07) is 12.4. The molecule has 0 aliphatic heterocycles. The molecule has 1 heterocycles. The van der Waals surface area contributed by atoms with Crippen molar-refractivity contribution in [3.8, 4) is 17.0 Å². The molecule has 2 aromatic carbocycles. The van der Waals surface area contributed by atoms with Crippen molar-refractivity contribution >= 4 is 39.4 Å². The topological polar surface area (TPSA) is 211 Å². The Labute approximate surface area is 242 Å². The first-order chi connectivity index (χ1) is 19.7. The van der Waals surface area contributed by atoms with E-state index in [2.05, 4.69) is 15.6 Å². The quantitative estimate of drug-likeness (QED) is 0.117. The maximum Gasteiger partial charge on any atom is 0.336 e. The molecule has 1 atom stereocenters. The SMILES string of the molecule is COc1ccc(-c2ccc(C(=O)N[C@H](COS(C)(=O)=O)C(C)C)cc2C(=O)O)c(C(=O)Nc2ccc(C(=N)N)cc2)n1. The molecule has 14 heteroatoms. The van der Waals surface area contributed by atoms with Crippen LogP contribution in [0.25, 0.3) is 11.1 Å². The van der Waals surface area contributed by atoms with Crippen LogP contribution in [-0.2, 0) is 14.3 Å². The minimum absolute atomic E-state index is 0.000751. The summed E-state index contributed by atoms with van der Waals surface area (Å²) in [5, 5.41) is 22.9. The summed E-state index contributed by atoms with van der Waals surface area (Å²) < 4.78 is 32.8. The predicted octanol–water partition coefficient (Wildman–Crippen LogP) is 2.72. The number of nitrogen functional groups attached to an aromatic ring is 1. The van der Waals surface area contributed by atoms with Gasteiger partial charge in [-0.25, -0.2) is 9.78 Å². The highest BCUT2D eigenvalue weighted by Crippen LogP contribution is 2.30. The summed E-state index contributed by atoms with van der Waals surface area (Å²) in [5.74, 6) is -2.88. The standard InChI is InChI=1S/C28H31N5O8S/c1-15(2)22(14-41-42(4,38)39)32-26(34)17-7-10-19(21(13-17)28(36)37)20-11-12-23(40-3)33-24(20)27(35)31-18-8-5-16(6-9-18)25(29)30/h5-13,15,22H,14H2,1-4H3,(H3,29,30)(H,31,35)(H,32,34)(H,36,37)/t22-/m1/s1. The summed E-state index contributed by atoms with van der Waals surface area (Å²) in [6.07, 6.45) is 0.900. The molecule has 42 heavy (non-hydrogen) atoms. The maximum absolute atomic E-state index is 13.3. The molecule has 3 rings (SSSR count). The average molecular weight is 598 g/mol. The van der Waals surface area contributed by atoms with Crippen LogP contribution >= 0.6 is 0 Å². The van der Waals surface area contributed by atoms with Crippen LogP contribution in [0.5, 0.6) is 5.88 Å². The molecule has 0 aliphatic rings. The van der Waals surface area contributed by atoms with Crippen LogP contribution in [0.15, 0.2) is 54.6 Å². The number of carboxylic acid groups (broad SMARTS) is 1. The molecule has 0 spiro atoms. The highest BCUT2D eigenvalue weighted by molar-refractivity contribution is 7.85. The molecule has 2 amide bonds. The molecular weight excluding hydrogens is 566 g/mol. The first-order valence-corrected chi connectivity index (χ1v) is 14.4. The van der Waals surface area contributed by atoms with Crippen molar-refractivity contribution in [1.82, 2.24) is 10.3 Å². The molecule has 0 saturated heterocycles. The van der Waals surface area contributed by atoms with Gasteiger partial charge >= 0.3 is 5.97 Å². The van der Waals surface area contributed by atoms with Crippen LogP contribution in [0.3, 0.4) is 0 Å². The largest absolute Gasteiger partial charge is 0.481 e. The normalized spacial score (nSPS) is 11.9. The Balaban J connectivity index is 1.98. The van der Waals surface area contributed by atoms with Gasteiger partial charge in [0.25, 0.3) is 21.9 Å². The molecule has 0 aliphatic carbocycles. The van der Waals surface area contributed by atoms with Crippen LogP contribution in [0.4, 0.5) is 5.69 Å². The van der Waals surface area contributed by atoms with E-state index in [1.807, 2.05) is 0 Å². The van der Waals surface area contributed by atoms with Gasteiger partial charge in [-0.05, 0) is 53.9 Å². The van der Waals surface area contributed by atoms with Gasteiger partial charge in [0.05, 0.1) is 31.6 Å². The van der Waals surface area contributed by atoms with Crippen molar-refractivity contribution in [2.45, 2.75) is 19.9 Å². The van der Waals surface area contributed by atoms with Crippen molar-refractivity contribution in [3.05, 3.63) is 77.0 Å². The molecular formula is C28H31N5O8S. The monoisotopic (exact) mass is 597 g/mol. The molecule has 1 aromatic heterocycles. The zero-order chi connectivity index (χ0) is 31.2. The van der Waals surface area contributed by atoms with Gasteiger partial charge in [-0.1, -0.05) is 19.9 Å². The van der Waals surface area contributed by atoms with Gasteiger partial charge in [-0.2, -0.15) is 8.42 Å². The minimum Gasteiger partial charge on any atom is -0.481 e. The summed E-state index contributed by atoms with van der Waals surface area (Å²) in [7, 11) is -2.37.